The maximum Gasteiger partial charge on any atom is 0.315 e. The Kier molecular flexibility index (Phi) is 6.80. The third-order valence-electron chi connectivity index (χ3n) is 6.00. The van der Waals surface area contributed by atoms with Crippen molar-refractivity contribution in [3.63, 3.8) is 0 Å². The molecule has 1 aliphatic carbocycles. The second-order valence-electron chi connectivity index (χ2n) is 8.24. The zero-order valence-electron chi connectivity index (χ0n) is 16.0. The first-order valence-electron chi connectivity index (χ1n) is 10.3. The average molecular weight is 387 g/mol. The fourth-order valence-electron chi connectivity index (χ4n) is 4.41. The Morgan fingerprint density at radius 1 is 0.808 bits per heavy atom. The lowest BCUT2D eigenvalue weighted by atomic mass is 9.96. The van der Waals surface area contributed by atoms with E-state index in [0.29, 0.717) is 51.0 Å². The van der Waals surface area contributed by atoms with Crippen LogP contribution in [0.1, 0.15) is 64.7 Å². The molecule has 0 aromatic heterocycles. The molecule has 0 aromatic carbocycles. The number of piperidine rings is 2. The molecule has 2 amide bonds. The van der Waals surface area contributed by atoms with Crippen molar-refractivity contribution in [1.82, 2.24) is 19.2 Å². The van der Waals surface area contributed by atoms with Crippen LogP contribution in [0.25, 0.3) is 0 Å². The maximum atomic E-state index is 12.8. The minimum Gasteiger partial charge on any atom is -0.335 e. The van der Waals surface area contributed by atoms with Crippen molar-refractivity contribution in [2.45, 2.75) is 76.8 Å². The SMILES string of the molecule is CC1CCCN(S(=O)(=O)N2CCC(NC(=O)NC3CCCCC3)CC2)C1. The quantitative estimate of drug-likeness (QED) is 0.776. The predicted octanol–water partition coefficient (Wildman–Crippen LogP) is 2.06. The van der Waals surface area contributed by atoms with E-state index in [1.54, 1.807) is 8.61 Å². The molecule has 2 aliphatic heterocycles. The van der Waals surface area contributed by atoms with Gasteiger partial charge in [0.05, 0.1) is 0 Å². The van der Waals surface area contributed by atoms with Crippen LogP contribution in [0.5, 0.6) is 0 Å². The largest absolute Gasteiger partial charge is 0.335 e. The van der Waals surface area contributed by atoms with Crippen molar-refractivity contribution in [3.05, 3.63) is 0 Å². The summed E-state index contributed by atoms with van der Waals surface area (Å²) in [5, 5.41) is 6.11. The van der Waals surface area contributed by atoms with Gasteiger partial charge in [-0.05, 0) is 44.4 Å². The van der Waals surface area contributed by atoms with Crippen molar-refractivity contribution in [2.24, 2.45) is 5.92 Å². The first-order chi connectivity index (χ1) is 12.4. The van der Waals surface area contributed by atoms with Gasteiger partial charge >= 0.3 is 6.03 Å². The molecule has 2 N–H and O–H groups in total. The topological polar surface area (TPSA) is 81.8 Å². The average Bonchev–Trinajstić information content (AvgIpc) is 2.63. The number of hydrogen-bond acceptors (Lipinski definition) is 3. The van der Waals surface area contributed by atoms with Gasteiger partial charge in [-0.3, -0.25) is 0 Å². The van der Waals surface area contributed by atoms with E-state index in [4.69, 9.17) is 0 Å². The molecule has 7 nitrogen and oxygen atoms in total. The van der Waals surface area contributed by atoms with Crippen molar-refractivity contribution in [1.29, 1.82) is 0 Å². The monoisotopic (exact) mass is 386 g/mol. The van der Waals surface area contributed by atoms with Crippen LogP contribution in [0.3, 0.4) is 0 Å². The molecule has 2 saturated heterocycles. The van der Waals surface area contributed by atoms with Gasteiger partial charge in [0, 0.05) is 38.3 Å². The molecule has 3 fully saturated rings. The van der Waals surface area contributed by atoms with Crippen LogP contribution in [0.2, 0.25) is 0 Å². The Labute approximate surface area is 158 Å². The van der Waals surface area contributed by atoms with Gasteiger partial charge in [0.1, 0.15) is 0 Å². The molecule has 0 bridgehead atoms. The van der Waals surface area contributed by atoms with Gasteiger partial charge in [-0.25, -0.2) is 4.79 Å². The number of rotatable bonds is 4. The first kappa shape index (κ1) is 19.9. The molecule has 1 saturated carbocycles. The van der Waals surface area contributed by atoms with E-state index in [9.17, 15) is 13.2 Å². The van der Waals surface area contributed by atoms with Crippen molar-refractivity contribution in [3.8, 4) is 0 Å². The van der Waals surface area contributed by atoms with Crippen molar-refractivity contribution < 1.29 is 13.2 Å². The number of amides is 2. The van der Waals surface area contributed by atoms with Gasteiger partial charge in [-0.2, -0.15) is 17.0 Å². The third-order valence-corrected chi connectivity index (χ3v) is 8.00. The standard InChI is InChI=1S/C18H34N4O3S/c1-15-6-5-11-22(14-15)26(24,25)21-12-9-17(10-13-21)20-18(23)19-16-7-3-2-4-8-16/h15-17H,2-14H2,1H3,(H2,19,20,23). The molecule has 3 aliphatic rings. The molecular formula is C18H34N4O3S. The van der Waals surface area contributed by atoms with E-state index in [0.717, 1.165) is 25.7 Å². The third kappa shape index (κ3) is 5.10. The summed E-state index contributed by atoms with van der Waals surface area (Å²) in [6.45, 7) is 4.35. The van der Waals surface area contributed by atoms with Gasteiger partial charge in [0.15, 0.2) is 0 Å². The number of hydrogen-bond donors (Lipinski definition) is 2. The van der Waals surface area contributed by atoms with E-state index in [1.807, 2.05) is 0 Å². The van der Waals surface area contributed by atoms with Crippen LogP contribution in [0.4, 0.5) is 4.79 Å². The molecule has 0 spiro atoms. The highest BCUT2D eigenvalue weighted by Crippen LogP contribution is 2.23. The first-order valence-corrected chi connectivity index (χ1v) is 11.7. The van der Waals surface area contributed by atoms with Crippen LogP contribution in [-0.4, -0.2) is 61.3 Å². The molecule has 2 heterocycles. The summed E-state index contributed by atoms with van der Waals surface area (Å²) in [4.78, 5) is 12.2. The summed E-state index contributed by atoms with van der Waals surface area (Å²) in [5.41, 5.74) is 0. The fraction of sp³-hybridized carbons (Fsp3) is 0.944. The van der Waals surface area contributed by atoms with Gasteiger partial charge in [0.25, 0.3) is 10.2 Å². The van der Waals surface area contributed by atoms with E-state index in [1.165, 1.54) is 19.3 Å². The summed E-state index contributed by atoms with van der Waals surface area (Å²) in [7, 11) is -3.35. The molecule has 0 radical (unpaired) electrons. The van der Waals surface area contributed by atoms with Gasteiger partial charge < -0.3 is 10.6 Å². The highest BCUT2D eigenvalue weighted by Gasteiger charge is 2.35. The van der Waals surface area contributed by atoms with E-state index >= 15 is 0 Å². The normalized spacial score (nSPS) is 28.0. The number of carbonyl (C=O) groups is 1. The summed E-state index contributed by atoms with van der Waals surface area (Å²) >= 11 is 0. The van der Waals surface area contributed by atoms with Crippen LogP contribution in [0.15, 0.2) is 0 Å². The number of nitrogens with zero attached hydrogens (tertiary/aromatic N) is 2. The molecular weight excluding hydrogens is 352 g/mol. The van der Waals surface area contributed by atoms with Crippen LogP contribution in [-0.2, 0) is 10.2 Å². The Bertz CT molecular complexity index is 569. The van der Waals surface area contributed by atoms with E-state index in [2.05, 4.69) is 17.6 Å². The van der Waals surface area contributed by atoms with Crippen LogP contribution in [0, 0.1) is 5.92 Å². The lowest BCUT2D eigenvalue weighted by Crippen LogP contribution is -2.54. The number of urea groups is 1. The molecule has 26 heavy (non-hydrogen) atoms. The van der Waals surface area contributed by atoms with Crippen molar-refractivity contribution in [2.75, 3.05) is 26.2 Å². The Hall–Kier alpha value is -0.860. The molecule has 3 rings (SSSR count). The molecule has 1 unspecified atom stereocenters. The summed E-state index contributed by atoms with van der Waals surface area (Å²) in [6, 6.07) is 0.263. The number of carbonyl (C=O) groups excluding carboxylic acids is 1. The Balaban J connectivity index is 1.44. The van der Waals surface area contributed by atoms with Crippen LogP contribution >= 0.6 is 0 Å². The smallest absolute Gasteiger partial charge is 0.315 e. The van der Waals surface area contributed by atoms with Gasteiger partial charge in [-0.1, -0.05) is 26.2 Å². The molecule has 150 valence electrons. The fourth-order valence-corrected chi connectivity index (χ4v) is 6.21. The van der Waals surface area contributed by atoms with Gasteiger partial charge in [0.2, 0.25) is 0 Å². The minimum atomic E-state index is -3.35. The maximum absolute atomic E-state index is 12.8. The predicted molar refractivity (Wildman–Crippen MR) is 102 cm³/mol. The zero-order valence-corrected chi connectivity index (χ0v) is 16.8. The van der Waals surface area contributed by atoms with E-state index < -0.39 is 10.2 Å². The van der Waals surface area contributed by atoms with Crippen molar-refractivity contribution >= 4 is 16.2 Å². The lowest BCUT2D eigenvalue weighted by Gasteiger charge is -2.37. The van der Waals surface area contributed by atoms with Crippen LogP contribution < -0.4 is 10.6 Å². The molecule has 8 heteroatoms. The summed E-state index contributed by atoms with van der Waals surface area (Å²) in [5.74, 6) is 0.432. The minimum absolute atomic E-state index is 0.0605. The summed E-state index contributed by atoms with van der Waals surface area (Å²) < 4.78 is 28.9. The summed E-state index contributed by atoms with van der Waals surface area (Å²) in [6.07, 6.45) is 9.20. The Morgan fingerprint density at radius 3 is 2.04 bits per heavy atom. The Morgan fingerprint density at radius 2 is 1.42 bits per heavy atom. The highest BCUT2D eigenvalue weighted by molar-refractivity contribution is 7.86. The van der Waals surface area contributed by atoms with E-state index in [-0.39, 0.29) is 12.1 Å². The second-order valence-corrected chi connectivity index (χ2v) is 10.2. The molecule has 1 atom stereocenters. The lowest BCUT2D eigenvalue weighted by molar-refractivity contribution is 0.214. The zero-order chi connectivity index (χ0) is 18.6. The van der Waals surface area contributed by atoms with Gasteiger partial charge in [-0.15, -0.1) is 0 Å². The molecule has 0 aromatic rings. The second kappa shape index (κ2) is 8.89. The number of nitrogens with one attached hydrogen (secondary N) is 2. The highest BCUT2D eigenvalue weighted by atomic mass is 32.2.